The Morgan fingerprint density at radius 2 is 1.86 bits per heavy atom. The summed E-state index contributed by atoms with van der Waals surface area (Å²) in [6, 6.07) is 4.24. The van der Waals surface area contributed by atoms with Crippen LogP contribution in [0.3, 0.4) is 0 Å². The highest BCUT2D eigenvalue weighted by atomic mass is 16.4. The number of pyridine rings is 1. The molecular formula is C27H36N8O2. The normalized spacial score (nSPS) is 19.3. The van der Waals surface area contributed by atoms with E-state index < -0.39 is 6.09 Å². The molecule has 1 amide bonds. The molecule has 2 aliphatic rings. The first-order valence-electron chi connectivity index (χ1n) is 13.0. The minimum absolute atomic E-state index is 0.210. The molecule has 0 radical (unpaired) electrons. The lowest BCUT2D eigenvalue weighted by molar-refractivity contribution is 0.100. The second-order valence-corrected chi connectivity index (χ2v) is 11.3. The van der Waals surface area contributed by atoms with Crippen LogP contribution in [0, 0.1) is 19.3 Å². The van der Waals surface area contributed by atoms with E-state index in [1.165, 1.54) is 0 Å². The van der Waals surface area contributed by atoms with Gasteiger partial charge in [-0.3, -0.25) is 0 Å². The Morgan fingerprint density at radius 1 is 1.11 bits per heavy atom. The maximum absolute atomic E-state index is 11.9. The van der Waals surface area contributed by atoms with E-state index in [1.807, 2.05) is 23.7 Å². The molecule has 0 bridgehead atoms. The molecule has 0 saturated carbocycles. The minimum Gasteiger partial charge on any atom is -0.465 e. The molecule has 1 saturated heterocycles. The molecule has 37 heavy (non-hydrogen) atoms. The molecule has 1 atom stereocenters. The molecule has 0 aromatic carbocycles. The van der Waals surface area contributed by atoms with E-state index in [0.29, 0.717) is 18.9 Å². The summed E-state index contributed by atoms with van der Waals surface area (Å²) in [6.07, 6.45) is 7.43. The van der Waals surface area contributed by atoms with Gasteiger partial charge in [-0.1, -0.05) is 26.8 Å². The Balaban J connectivity index is 1.36. The number of fused-ring (bicyclic) bond motifs is 1. The van der Waals surface area contributed by atoms with Gasteiger partial charge in [0.15, 0.2) is 5.65 Å². The molecule has 10 nitrogen and oxygen atoms in total. The fraction of sp³-hybridized carbons (Fsp3) is 0.519. The average molecular weight is 505 g/mol. The average Bonchev–Trinajstić information content (AvgIpc) is 3.25. The van der Waals surface area contributed by atoms with Crippen molar-refractivity contribution in [1.82, 2.24) is 29.5 Å². The smallest absolute Gasteiger partial charge is 0.407 e. The van der Waals surface area contributed by atoms with Crippen molar-refractivity contribution in [1.29, 1.82) is 0 Å². The van der Waals surface area contributed by atoms with Crippen molar-refractivity contribution in [2.24, 2.45) is 5.41 Å². The molecule has 3 aromatic rings. The van der Waals surface area contributed by atoms with E-state index in [-0.39, 0.29) is 17.5 Å². The van der Waals surface area contributed by atoms with Crippen LogP contribution in [0.1, 0.15) is 56.9 Å². The Hall–Kier alpha value is -3.69. The lowest BCUT2D eigenvalue weighted by Crippen LogP contribution is -2.48. The van der Waals surface area contributed by atoms with Crippen LogP contribution in [-0.2, 0) is 0 Å². The van der Waals surface area contributed by atoms with Crippen LogP contribution in [0.4, 0.5) is 16.6 Å². The third kappa shape index (κ3) is 5.23. The van der Waals surface area contributed by atoms with Gasteiger partial charge in [-0.15, -0.1) is 5.10 Å². The van der Waals surface area contributed by atoms with Crippen LogP contribution in [0.2, 0.25) is 0 Å². The minimum atomic E-state index is -0.875. The molecule has 5 heterocycles. The van der Waals surface area contributed by atoms with Crippen molar-refractivity contribution >= 4 is 29.1 Å². The predicted molar refractivity (Wildman–Crippen MR) is 144 cm³/mol. The zero-order valence-corrected chi connectivity index (χ0v) is 22.3. The summed E-state index contributed by atoms with van der Waals surface area (Å²) in [4.78, 5) is 29.2. The van der Waals surface area contributed by atoms with E-state index in [4.69, 9.17) is 10.1 Å². The first kappa shape index (κ1) is 25.0. The third-order valence-corrected chi connectivity index (χ3v) is 7.31. The summed E-state index contributed by atoms with van der Waals surface area (Å²) in [5.41, 5.74) is 4.78. The monoisotopic (exact) mass is 504 g/mol. The number of nitrogens with zero attached hydrogens (tertiary/aromatic N) is 7. The van der Waals surface area contributed by atoms with Crippen LogP contribution in [0.15, 0.2) is 30.7 Å². The molecule has 3 aromatic heterocycles. The molecule has 1 fully saturated rings. The number of rotatable bonds is 4. The molecule has 5 rings (SSSR count). The summed E-state index contributed by atoms with van der Waals surface area (Å²) >= 11 is 0. The van der Waals surface area contributed by atoms with Crippen LogP contribution < -0.4 is 10.2 Å². The number of carbonyl (C=O) groups is 1. The maximum atomic E-state index is 11.9. The lowest BCUT2D eigenvalue weighted by Gasteiger charge is -2.40. The molecule has 2 N–H and O–H groups in total. The van der Waals surface area contributed by atoms with Crippen molar-refractivity contribution in [3.05, 3.63) is 47.6 Å². The van der Waals surface area contributed by atoms with Gasteiger partial charge in [-0.25, -0.2) is 19.3 Å². The number of piperidine rings is 1. The van der Waals surface area contributed by atoms with E-state index in [9.17, 15) is 9.90 Å². The third-order valence-electron chi connectivity index (χ3n) is 7.31. The number of anilines is 2. The van der Waals surface area contributed by atoms with Crippen molar-refractivity contribution in [2.75, 3.05) is 29.9 Å². The summed E-state index contributed by atoms with van der Waals surface area (Å²) in [6.45, 7) is 12.6. The van der Waals surface area contributed by atoms with Crippen LogP contribution in [-0.4, -0.2) is 72.4 Å². The maximum Gasteiger partial charge on any atom is 0.407 e. The largest absolute Gasteiger partial charge is 0.465 e. The van der Waals surface area contributed by atoms with Crippen molar-refractivity contribution in [2.45, 2.75) is 66.0 Å². The number of aromatic nitrogens is 5. The van der Waals surface area contributed by atoms with Crippen molar-refractivity contribution < 1.29 is 9.90 Å². The van der Waals surface area contributed by atoms with Gasteiger partial charge in [-0.05, 0) is 55.7 Å². The number of aryl methyl sites for hydroxylation is 2. The Bertz CT molecular complexity index is 1330. The SMILES string of the molecule is Cc1cc(C2=CC(C(C)(C)C)N(C(=O)O)CC2)c2nc(NC3CCN(c4cc(C)ncn4)CC3)nn2c1. The molecule has 1 unspecified atom stereocenters. The fourth-order valence-electron chi connectivity index (χ4n) is 5.37. The summed E-state index contributed by atoms with van der Waals surface area (Å²) < 4.78 is 1.85. The van der Waals surface area contributed by atoms with Gasteiger partial charge in [-0.2, -0.15) is 4.98 Å². The highest BCUT2D eigenvalue weighted by molar-refractivity contribution is 5.79. The van der Waals surface area contributed by atoms with Gasteiger partial charge in [0.1, 0.15) is 12.1 Å². The number of hydrogen-bond acceptors (Lipinski definition) is 7. The first-order chi connectivity index (χ1) is 17.6. The highest BCUT2D eigenvalue weighted by Crippen LogP contribution is 2.35. The molecule has 0 aliphatic carbocycles. The number of nitrogens with one attached hydrogen (secondary N) is 1. The Morgan fingerprint density at radius 3 is 2.54 bits per heavy atom. The topological polar surface area (TPSA) is 112 Å². The van der Waals surface area contributed by atoms with Gasteiger partial charge in [0.2, 0.25) is 5.95 Å². The Kier molecular flexibility index (Phi) is 6.51. The van der Waals surface area contributed by atoms with Gasteiger partial charge >= 0.3 is 6.09 Å². The van der Waals surface area contributed by atoms with E-state index >= 15 is 0 Å². The van der Waals surface area contributed by atoms with Crippen molar-refractivity contribution in [3.8, 4) is 0 Å². The number of carboxylic acid groups (broad SMARTS) is 1. The molecule has 2 aliphatic heterocycles. The number of hydrogen-bond donors (Lipinski definition) is 2. The van der Waals surface area contributed by atoms with E-state index in [1.54, 1.807) is 11.2 Å². The standard InChI is InChI=1S/C27H36N8O2/c1-17-12-21(19-6-11-34(26(36)37)22(14-19)27(3,4)5)24-31-25(32-35(24)15-17)30-20-7-9-33(10-8-20)23-13-18(2)28-16-29-23/h12-16,20,22H,6-11H2,1-5H3,(H,30,32)(H,36,37). The quantitative estimate of drug-likeness (QED) is 0.538. The van der Waals surface area contributed by atoms with E-state index in [0.717, 1.165) is 59.8 Å². The predicted octanol–water partition coefficient (Wildman–Crippen LogP) is 4.40. The van der Waals surface area contributed by atoms with Gasteiger partial charge < -0.3 is 20.2 Å². The molecule has 10 heteroatoms. The second-order valence-electron chi connectivity index (χ2n) is 11.3. The van der Waals surface area contributed by atoms with Crippen LogP contribution in [0.25, 0.3) is 11.2 Å². The Labute approximate surface area is 217 Å². The van der Waals surface area contributed by atoms with E-state index in [2.05, 4.69) is 60.0 Å². The van der Waals surface area contributed by atoms with Gasteiger partial charge in [0, 0.05) is 49.2 Å². The zero-order chi connectivity index (χ0) is 26.3. The highest BCUT2D eigenvalue weighted by Gasteiger charge is 2.35. The van der Waals surface area contributed by atoms with Gasteiger partial charge in [0.05, 0.1) is 6.04 Å². The summed E-state index contributed by atoms with van der Waals surface area (Å²) in [7, 11) is 0. The zero-order valence-electron chi connectivity index (χ0n) is 22.3. The number of amides is 1. The van der Waals surface area contributed by atoms with Crippen LogP contribution >= 0.6 is 0 Å². The van der Waals surface area contributed by atoms with Crippen molar-refractivity contribution in [3.63, 3.8) is 0 Å². The summed E-state index contributed by atoms with van der Waals surface area (Å²) in [5, 5.41) is 18.1. The molecule has 0 spiro atoms. The van der Waals surface area contributed by atoms with Gasteiger partial charge in [0.25, 0.3) is 0 Å². The lowest BCUT2D eigenvalue weighted by atomic mass is 9.81. The molecule has 196 valence electrons. The molecular weight excluding hydrogens is 468 g/mol. The first-order valence-corrected chi connectivity index (χ1v) is 13.0. The van der Waals surface area contributed by atoms with Crippen LogP contribution in [0.5, 0.6) is 0 Å². The summed E-state index contributed by atoms with van der Waals surface area (Å²) in [5.74, 6) is 1.60. The fourth-order valence-corrected chi connectivity index (χ4v) is 5.37. The second kappa shape index (κ2) is 9.64.